The van der Waals surface area contributed by atoms with Crippen molar-refractivity contribution >= 4 is 5.91 Å². The maximum atomic E-state index is 11.9. The summed E-state index contributed by atoms with van der Waals surface area (Å²) in [4.78, 5) is 19.9. The molecule has 2 aromatic rings. The van der Waals surface area contributed by atoms with Gasteiger partial charge in [-0.1, -0.05) is 0 Å². The first-order valence-electron chi connectivity index (χ1n) is 5.95. The molecular weight excluding hydrogens is 246 g/mol. The normalized spacial score (nSPS) is 10.6. The van der Waals surface area contributed by atoms with E-state index < -0.39 is 0 Å². The number of rotatable bonds is 6. The van der Waals surface area contributed by atoms with E-state index in [1.165, 1.54) is 6.20 Å². The number of hydrogen-bond donors (Lipinski definition) is 1. The first-order chi connectivity index (χ1) is 9.22. The SMILES string of the molecule is COCCn1cncc1CNC(=O)c1cncn1C. The van der Waals surface area contributed by atoms with Crippen molar-refractivity contribution in [2.75, 3.05) is 13.7 Å². The largest absolute Gasteiger partial charge is 0.383 e. The minimum Gasteiger partial charge on any atom is -0.383 e. The number of aryl methyl sites for hydroxylation is 1. The summed E-state index contributed by atoms with van der Waals surface area (Å²) in [6.07, 6.45) is 6.60. The van der Waals surface area contributed by atoms with Gasteiger partial charge in [0.05, 0.1) is 37.7 Å². The minimum atomic E-state index is -0.153. The van der Waals surface area contributed by atoms with Gasteiger partial charge in [-0.05, 0) is 0 Å². The smallest absolute Gasteiger partial charge is 0.269 e. The quantitative estimate of drug-likeness (QED) is 0.807. The van der Waals surface area contributed by atoms with Crippen LogP contribution in [0, 0.1) is 0 Å². The lowest BCUT2D eigenvalue weighted by Crippen LogP contribution is -2.26. The summed E-state index contributed by atoms with van der Waals surface area (Å²) in [7, 11) is 3.44. The van der Waals surface area contributed by atoms with Gasteiger partial charge in [-0.15, -0.1) is 0 Å². The number of hydrogen-bond acceptors (Lipinski definition) is 4. The lowest BCUT2D eigenvalue weighted by molar-refractivity contribution is 0.0941. The molecule has 0 spiro atoms. The molecule has 2 heterocycles. The lowest BCUT2D eigenvalue weighted by atomic mass is 10.4. The molecule has 0 aromatic carbocycles. The van der Waals surface area contributed by atoms with E-state index in [9.17, 15) is 4.79 Å². The van der Waals surface area contributed by atoms with Crippen LogP contribution in [0.4, 0.5) is 0 Å². The van der Waals surface area contributed by atoms with Gasteiger partial charge in [0.2, 0.25) is 0 Å². The molecule has 2 rings (SSSR count). The summed E-state index contributed by atoms with van der Waals surface area (Å²) in [5.74, 6) is -0.153. The van der Waals surface area contributed by atoms with Crippen LogP contribution in [-0.4, -0.2) is 38.7 Å². The number of amides is 1. The number of carbonyl (C=O) groups is 1. The highest BCUT2D eigenvalue weighted by molar-refractivity contribution is 5.92. The highest BCUT2D eigenvalue weighted by Crippen LogP contribution is 2.01. The highest BCUT2D eigenvalue weighted by atomic mass is 16.5. The van der Waals surface area contributed by atoms with E-state index in [4.69, 9.17) is 4.74 Å². The zero-order valence-corrected chi connectivity index (χ0v) is 11.0. The van der Waals surface area contributed by atoms with E-state index in [2.05, 4.69) is 15.3 Å². The Hall–Kier alpha value is -2.15. The van der Waals surface area contributed by atoms with Gasteiger partial charge in [0, 0.05) is 26.9 Å². The summed E-state index contributed by atoms with van der Waals surface area (Å²) >= 11 is 0. The Morgan fingerprint density at radius 3 is 2.84 bits per heavy atom. The van der Waals surface area contributed by atoms with Gasteiger partial charge in [-0.2, -0.15) is 0 Å². The Morgan fingerprint density at radius 1 is 1.37 bits per heavy atom. The second-order valence-electron chi connectivity index (χ2n) is 4.14. The van der Waals surface area contributed by atoms with Gasteiger partial charge >= 0.3 is 0 Å². The maximum Gasteiger partial charge on any atom is 0.269 e. The maximum absolute atomic E-state index is 11.9. The van der Waals surface area contributed by atoms with Gasteiger partial charge in [-0.3, -0.25) is 4.79 Å². The van der Waals surface area contributed by atoms with E-state index in [1.807, 2.05) is 4.57 Å². The van der Waals surface area contributed by atoms with Crippen molar-refractivity contribution in [2.45, 2.75) is 13.1 Å². The number of carbonyl (C=O) groups excluding carboxylic acids is 1. The van der Waals surface area contributed by atoms with Gasteiger partial charge in [0.15, 0.2) is 0 Å². The summed E-state index contributed by atoms with van der Waals surface area (Å²) in [6.45, 7) is 1.75. The molecule has 19 heavy (non-hydrogen) atoms. The molecule has 0 aliphatic rings. The standard InChI is InChI=1S/C12H17N5O2/c1-16-8-14-7-11(16)12(18)15-6-10-5-13-9-17(10)3-4-19-2/h5,7-9H,3-4,6H2,1-2H3,(H,15,18). The molecule has 0 fully saturated rings. The Morgan fingerprint density at radius 2 is 2.16 bits per heavy atom. The number of nitrogens with one attached hydrogen (secondary N) is 1. The van der Waals surface area contributed by atoms with Crippen LogP contribution in [0.3, 0.4) is 0 Å². The average molecular weight is 263 g/mol. The summed E-state index contributed by atoms with van der Waals surface area (Å²) < 4.78 is 8.65. The Bertz CT molecular complexity index is 546. The molecular formula is C12H17N5O2. The zero-order valence-electron chi connectivity index (χ0n) is 11.0. The van der Waals surface area contributed by atoms with E-state index in [0.29, 0.717) is 25.4 Å². The van der Waals surface area contributed by atoms with E-state index in [1.54, 1.807) is 37.6 Å². The van der Waals surface area contributed by atoms with Crippen LogP contribution in [0.5, 0.6) is 0 Å². The van der Waals surface area contributed by atoms with Gasteiger partial charge in [0.1, 0.15) is 5.69 Å². The fraction of sp³-hybridized carbons (Fsp3) is 0.417. The molecule has 0 unspecified atom stereocenters. The van der Waals surface area contributed by atoms with E-state index in [-0.39, 0.29) is 5.91 Å². The second kappa shape index (κ2) is 6.14. The summed E-state index contributed by atoms with van der Waals surface area (Å²) in [5, 5.41) is 2.84. The molecule has 0 aliphatic carbocycles. The Labute approximate surface area is 111 Å². The van der Waals surface area contributed by atoms with Crippen molar-refractivity contribution in [3.63, 3.8) is 0 Å². The van der Waals surface area contributed by atoms with Crippen LogP contribution >= 0.6 is 0 Å². The van der Waals surface area contributed by atoms with Crippen molar-refractivity contribution in [3.8, 4) is 0 Å². The summed E-state index contributed by atoms with van der Waals surface area (Å²) in [6, 6.07) is 0. The number of imidazole rings is 2. The first kappa shape index (κ1) is 13.3. The zero-order chi connectivity index (χ0) is 13.7. The Kier molecular flexibility index (Phi) is 4.30. The van der Waals surface area contributed by atoms with Crippen LogP contribution in [0.15, 0.2) is 25.0 Å². The van der Waals surface area contributed by atoms with Crippen LogP contribution in [0.1, 0.15) is 16.2 Å². The second-order valence-corrected chi connectivity index (χ2v) is 4.14. The van der Waals surface area contributed by atoms with Crippen molar-refractivity contribution < 1.29 is 9.53 Å². The number of nitrogens with zero attached hydrogens (tertiary/aromatic N) is 4. The fourth-order valence-electron chi connectivity index (χ4n) is 1.72. The van der Waals surface area contributed by atoms with Crippen LogP contribution < -0.4 is 5.32 Å². The molecule has 0 saturated heterocycles. The summed E-state index contributed by atoms with van der Waals surface area (Å²) in [5.41, 5.74) is 1.47. The van der Waals surface area contributed by atoms with Crippen molar-refractivity contribution in [2.24, 2.45) is 7.05 Å². The minimum absolute atomic E-state index is 0.153. The van der Waals surface area contributed by atoms with Crippen LogP contribution in [0.25, 0.3) is 0 Å². The van der Waals surface area contributed by atoms with Crippen molar-refractivity contribution in [1.29, 1.82) is 0 Å². The van der Waals surface area contributed by atoms with Crippen molar-refractivity contribution in [1.82, 2.24) is 24.4 Å². The molecule has 7 heteroatoms. The predicted octanol–water partition coefficient (Wildman–Crippen LogP) is 0.193. The monoisotopic (exact) mass is 263 g/mol. The van der Waals surface area contributed by atoms with Crippen LogP contribution in [-0.2, 0) is 24.9 Å². The third-order valence-corrected chi connectivity index (χ3v) is 2.81. The van der Waals surface area contributed by atoms with Crippen LogP contribution in [0.2, 0.25) is 0 Å². The van der Waals surface area contributed by atoms with Gasteiger partial charge in [0.25, 0.3) is 5.91 Å². The average Bonchev–Trinajstić information content (AvgIpc) is 3.02. The first-order valence-corrected chi connectivity index (χ1v) is 5.95. The molecule has 0 radical (unpaired) electrons. The molecule has 0 bridgehead atoms. The third-order valence-electron chi connectivity index (χ3n) is 2.81. The molecule has 2 aromatic heterocycles. The highest BCUT2D eigenvalue weighted by Gasteiger charge is 2.10. The molecule has 1 amide bonds. The van der Waals surface area contributed by atoms with E-state index >= 15 is 0 Å². The fourth-order valence-corrected chi connectivity index (χ4v) is 1.72. The van der Waals surface area contributed by atoms with Crippen molar-refractivity contribution in [3.05, 3.63) is 36.4 Å². The van der Waals surface area contributed by atoms with E-state index in [0.717, 1.165) is 5.69 Å². The van der Waals surface area contributed by atoms with Gasteiger partial charge < -0.3 is 19.2 Å². The molecule has 0 atom stereocenters. The number of aromatic nitrogens is 4. The molecule has 0 saturated carbocycles. The predicted molar refractivity (Wildman–Crippen MR) is 68.5 cm³/mol. The number of ether oxygens (including phenoxy) is 1. The lowest BCUT2D eigenvalue weighted by Gasteiger charge is -2.09. The Balaban J connectivity index is 1.94. The number of methoxy groups -OCH3 is 1. The molecule has 7 nitrogen and oxygen atoms in total. The third kappa shape index (κ3) is 3.19. The van der Waals surface area contributed by atoms with Gasteiger partial charge in [-0.25, -0.2) is 9.97 Å². The molecule has 1 N–H and O–H groups in total. The molecule has 0 aliphatic heterocycles. The molecule has 102 valence electrons. The topological polar surface area (TPSA) is 74.0 Å².